The Morgan fingerprint density at radius 1 is 1.35 bits per heavy atom. The Kier molecular flexibility index (Phi) is 3.95. The molecule has 92 valence electrons. The predicted molar refractivity (Wildman–Crippen MR) is 68.0 cm³/mol. The van der Waals surface area contributed by atoms with Crippen LogP contribution in [0.4, 0.5) is 5.69 Å². The zero-order valence-electron chi connectivity index (χ0n) is 10.0. The van der Waals surface area contributed by atoms with Crippen LogP contribution < -0.4 is 11.2 Å². The van der Waals surface area contributed by atoms with Crippen molar-refractivity contribution in [1.29, 1.82) is 0 Å². The smallest absolute Gasteiger partial charge is 0.208 e. The number of aryl methyl sites for hydroxylation is 1. The van der Waals surface area contributed by atoms with Gasteiger partial charge in [-0.3, -0.25) is 5.43 Å². The third-order valence-electron chi connectivity index (χ3n) is 2.64. The topological polar surface area (TPSA) is 62.9 Å². The molecular weight excluding hydrogens is 216 g/mol. The zero-order valence-corrected chi connectivity index (χ0v) is 10.0. The Hall–Kier alpha value is -1.59. The summed E-state index contributed by atoms with van der Waals surface area (Å²) in [5.74, 6) is 0.418. The summed E-state index contributed by atoms with van der Waals surface area (Å²) in [5.41, 5.74) is 10.9. The number of morpholine rings is 1. The standard InChI is InChI=1S/C12H18N4O/c1-10-4-2-3-5-11(10)14-12(13)15-16-6-8-17-9-7-16/h2-5H,6-9H2,1H3,(H3,13,14,15). The van der Waals surface area contributed by atoms with Crippen molar-refractivity contribution in [1.82, 2.24) is 10.4 Å². The molecule has 1 aliphatic heterocycles. The van der Waals surface area contributed by atoms with Crippen molar-refractivity contribution < 1.29 is 4.74 Å². The van der Waals surface area contributed by atoms with Gasteiger partial charge in [-0.25, -0.2) is 10.0 Å². The van der Waals surface area contributed by atoms with Crippen molar-refractivity contribution in [2.45, 2.75) is 6.92 Å². The number of nitrogens with two attached hydrogens (primary N) is 1. The SMILES string of the molecule is Cc1ccccc1N=C(N)NN1CCOCC1. The van der Waals surface area contributed by atoms with Crippen molar-refractivity contribution in [2.75, 3.05) is 26.3 Å². The summed E-state index contributed by atoms with van der Waals surface area (Å²) < 4.78 is 5.26. The zero-order chi connectivity index (χ0) is 12.1. The normalized spacial score (nSPS) is 18.1. The van der Waals surface area contributed by atoms with Gasteiger partial charge in [0, 0.05) is 13.1 Å². The molecule has 0 saturated carbocycles. The van der Waals surface area contributed by atoms with Crippen molar-refractivity contribution in [3.05, 3.63) is 29.8 Å². The minimum Gasteiger partial charge on any atom is -0.379 e. The number of hydrogen-bond donors (Lipinski definition) is 2. The molecule has 0 aliphatic carbocycles. The maximum Gasteiger partial charge on any atom is 0.208 e. The predicted octanol–water partition coefficient (Wildman–Crippen LogP) is 0.778. The van der Waals surface area contributed by atoms with Crippen molar-refractivity contribution in [3.8, 4) is 0 Å². The monoisotopic (exact) mass is 234 g/mol. The van der Waals surface area contributed by atoms with Gasteiger partial charge in [0.05, 0.1) is 18.9 Å². The summed E-state index contributed by atoms with van der Waals surface area (Å²) in [4.78, 5) is 4.35. The van der Waals surface area contributed by atoms with Gasteiger partial charge < -0.3 is 10.5 Å². The minimum absolute atomic E-state index is 0.418. The number of benzene rings is 1. The summed E-state index contributed by atoms with van der Waals surface area (Å²) in [7, 11) is 0. The molecule has 0 bridgehead atoms. The largest absolute Gasteiger partial charge is 0.379 e. The van der Waals surface area contributed by atoms with Gasteiger partial charge in [-0.05, 0) is 18.6 Å². The molecular formula is C12H18N4O. The molecule has 2 rings (SSSR count). The second-order valence-corrected chi connectivity index (χ2v) is 3.99. The molecule has 0 unspecified atom stereocenters. The van der Waals surface area contributed by atoms with Gasteiger partial charge >= 0.3 is 0 Å². The fourth-order valence-electron chi connectivity index (χ4n) is 1.68. The number of ether oxygens (including phenoxy) is 1. The molecule has 1 heterocycles. The molecule has 1 saturated heterocycles. The number of para-hydroxylation sites is 1. The lowest BCUT2D eigenvalue weighted by Gasteiger charge is -2.27. The van der Waals surface area contributed by atoms with Crippen molar-refractivity contribution >= 4 is 11.6 Å². The molecule has 5 nitrogen and oxygen atoms in total. The van der Waals surface area contributed by atoms with E-state index < -0.39 is 0 Å². The number of guanidine groups is 1. The van der Waals surface area contributed by atoms with E-state index in [1.54, 1.807) is 0 Å². The first kappa shape index (κ1) is 11.9. The average molecular weight is 234 g/mol. The van der Waals surface area contributed by atoms with E-state index in [1.807, 2.05) is 36.2 Å². The van der Waals surface area contributed by atoms with Crippen LogP contribution in [0.5, 0.6) is 0 Å². The molecule has 1 aromatic rings. The highest BCUT2D eigenvalue weighted by atomic mass is 16.5. The molecule has 3 N–H and O–H groups in total. The number of rotatable bonds is 2. The van der Waals surface area contributed by atoms with Gasteiger partial charge in [-0.15, -0.1) is 0 Å². The highest BCUT2D eigenvalue weighted by molar-refractivity contribution is 5.80. The Balaban J connectivity index is 1.99. The maximum absolute atomic E-state index is 5.86. The van der Waals surface area contributed by atoms with E-state index in [-0.39, 0.29) is 0 Å². The number of aliphatic imine (C=N–C) groups is 1. The Morgan fingerprint density at radius 3 is 2.76 bits per heavy atom. The molecule has 17 heavy (non-hydrogen) atoms. The van der Waals surface area contributed by atoms with Gasteiger partial charge in [-0.2, -0.15) is 0 Å². The molecule has 5 heteroatoms. The third-order valence-corrected chi connectivity index (χ3v) is 2.64. The van der Waals surface area contributed by atoms with Crippen LogP contribution >= 0.6 is 0 Å². The van der Waals surface area contributed by atoms with Crippen LogP contribution in [0.2, 0.25) is 0 Å². The number of nitrogens with one attached hydrogen (secondary N) is 1. The van der Waals surface area contributed by atoms with Crippen LogP contribution in [-0.4, -0.2) is 37.3 Å². The summed E-state index contributed by atoms with van der Waals surface area (Å²) in [6.45, 7) is 5.12. The first-order valence-electron chi connectivity index (χ1n) is 5.75. The van der Waals surface area contributed by atoms with Crippen molar-refractivity contribution in [2.24, 2.45) is 10.7 Å². The van der Waals surface area contributed by atoms with E-state index in [4.69, 9.17) is 10.5 Å². The maximum atomic E-state index is 5.86. The summed E-state index contributed by atoms with van der Waals surface area (Å²) in [6.07, 6.45) is 0. The highest BCUT2D eigenvalue weighted by Gasteiger charge is 2.10. The van der Waals surface area contributed by atoms with Gasteiger partial charge in [0.15, 0.2) is 0 Å². The summed E-state index contributed by atoms with van der Waals surface area (Å²) in [5, 5.41) is 2.01. The molecule has 1 aromatic carbocycles. The third kappa shape index (κ3) is 3.44. The fourth-order valence-corrected chi connectivity index (χ4v) is 1.68. The minimum atomic E-state index is 0.418. The second-order valence-electron chi connectivity index (χ2n) is 3.99. The van der Waals surface area contributed by atoms with E-state index in [9.17, 15) is 0 Å². The molecule has 0 spiro atoms. The first-order chi connectivity index (χ1) is 8.25. The Bertz CT molecular complexity index is 399. The molecule has 1 fully saturated rings. The van der Waals surface area contributed by atoms with E-state index in [0.29, 0.717) is 5.96 Å². The lowest BCUT2D eigenvalue weighted by molar-refractivity contribution is 0.0246. The molecule has 0 aromatic heterocycles. The van der Waals surface area contributed by atoms with E-state index in [1.165, 1.54) is 0 Å². The second kappa shape index (κ2) is 5.65. The van der Waals surface area contributed by atoms with Crippen molar-refractivity contribution in [3.63, 3.8) is 0 Å². The Labute approximate surface area is 101 Å². The molecule has 0 atom stereocenters. The van der Waals surface area contributed by atoms with Crippen LogP contribution in [0.3, 0.4) is 0 Å². The number of hydrogen-bond acceptors (Lipinski definition) is 3. The van der Waals surface area contributed by atoms with Crippen LogP contribution in [0, 0.1) is 6.92 Å². The highest BCUT2D eigenvalue weighted by Crippen LogP contribution is 2.16. The van der Waals surface area contributed by atoms with Crippen LogP contribution in [-0.2, 0) is 4.74 Å². The van der Waals surface area contributed by atoms with Gasteiger partial charge in [0.2, 0.25) is 5.96 Å². The van der Waals surface area contributed by atoms with Gasteiger partial charge in [0.1, 0.15) is 0 Å². The first-order valence-corrected chi connectivity index (χ1v) is 5.75. The van der Waals surface area contributed by atoms with Gasteiger partial charge in [-0.1, -0.05) is 18.2 Å². The average Bonchev–Trinajstić information content (AvgIpc) is 2.33. The van der Waals surface area contributed by atoms with Crippen LogP contribution in [0.1, 0.15) is 5.56 Å². The number of hydrazine groups is 1. The lowest BCUT2D eigenvalue weighted by atomic mass is 10.2. The van der Waals surface area contributed by atoms with Gasteiger partial charge in [0.25, 0.3) is 0 Å². The van der Waals surface area contributed by atoms with Crippen LogP contribution in [0.25, 0.3) is 0 Å². The quantitative estimate of drug-likeness (QED) is 0.586. The summed E-state index contributed by atoms with van der Waals surface area (Å²) >= 11 is 0. The Morgan fingerprint density at radius 2 is 2.06 bits per heavy atom. The van der Waals surface area contributed by atoms with E-state index in [2.05, 4.69) is 10.4 Å². The number of nitrogens with zero attached hydrogens (tertiary/aromatic N) is 2. The molecule has 1 aliphatic rings. The van der Waals surface area contributed by atoms with Crippen LogP contribution in [0.15, 0.2) is 29.3 Å². The molecule has 0 radical (unpaired) electrons. The lowest BCUT2D eigenvalue weighted by Crippen LogP contribution is -2.50. The summed E-state index contributed by atoms with van der Waals surface area (Å²) in [6, 6.07) is 7.90. The molecule has 0 amide bonds. The fraction of sp³-hybridized carbons (Fsp3) is 0.417. The van der Waals surface area contributed by atoms with E-state index >= 15 is 0 Å². The van der Waals surface area contributed by atoms with E-state index in [0.717, 1.165) is 37.6 Å².